The standard InChI is InChI=1S/C10H7ClF3N3/c1-6-15-5-17(16-6)9-7(10(12,13)14)3-2-4-8(9)11/h2-5H,1H3. The summed E-state index contributed by atoms with van der Waals surface area (Å²) in [6, 6.07) is 3.58. The number of rotatable bonds is 1. The van der Waals surface area contributed by atoms with Gasteiger partial charge >= 0.3 is 6.18 Å². The second-order valence-electron chi connectivity index (χ2n) is 3.37. The van der Waals surface area contributed by atoms with E-state index in [0.29, 0.717) is 5.82 Å². The number of alkyl halides is 3. The van der Waals surface area contributed by atoms with Crippen LogP contribution in [0.15, 0.2) is 24.5 Å². The number of aryl methyl sites for hydroxylation is 1. The largest absolute Gasteiger partial charge is 0.418 e. The fourth-order valence-corrected chi connectivity index (χ4v) is 1.69. The number of para-hydroxylation sites is 1. The highest BCUT2D eigenvalue weighted by atomic mass is 35.5. The highest BCUT2D eigenvalue weighted by Gasteiger charge is 2.35. The molecular formula is C10H7ClF3N3. The van der Waals surface area contributed by atoms with Crippen LogP contribution in [0.4, 0.5) is 13.2 Å². The Morgan fingerprint density at radius 1 is 1.29 bits per heavy atom. The van der Waals surface area contributed by atoms with Crippen molar-refractivity contribution in [3.8, 4) is 5.69 Å². The maximum Gasteiger partial charge on any atom is 0.418 e. The first-order valence-corrected chi connectivity index (χ1v) is 5.02. The SMILES string of the molecule is Cc1ncn(-c2c(Cl)cccc2C(F)(F)F)n1. The van der Waals surface area contributed by atoms with Gasteiger partial charge in [-0.15, -0.1) is 0 Å². The lowest BCUT2D eigenvalue weighted by atomic mass is 10.1. The number of benzene rings is 1. The van der Waals surface area contributed by atoms with Crippen LogP contribution in [-0.2, 0) is 6.18 Å². The zero-order chi connectivity index (χ0) is 12.6. The number of halogens is 4. The molecule has 0 aliphatic rings. The van der Waals surface area contributed by atoms with E-state index < -0.39 is 11.7 Å². The molecule has 1 aromatic carbocycles. The second kappa shape index (κ2) is 4.03. The van der Waals surface area contributed by atoms with Crippen LogP contribution in [-0.4, -0.2) is 14.8 Å². The molecule has 0 radical (unpaired) electrons. The summed E-state index contributed by atoms with van der Waals surface area (Å²) in [5.74, 6) is 0.373. The van der Waals surface area contributed by atoms with Crippen molar-refractivity contribution in [2.45, 2.75) is 13.1 Å². The minimum absolute atomic E-state index is 0.0234. The van der Waals surface area contributed by atoms with Gasteiger partial charge < -0.3 is 0 Å². The summed E-state index contributed by atoms with van der Waals surface area (Å²) in [5, 5.41) is 3.81. The van der Waals surface area contributed by atoms with Gasteiger partial charge in [0.2, 0.25) is 0 Å². The molecule has 0 bridgehead atoms. The lowest BCUT2D eigenvalue weighted by molar-refractivity contribution is -0.137. The summed E-state index contributed by atoms with van der Waals surface area (Å²) in [7, 11) is 0. The molecule has 2 aromatic rings. The Bertz CT molecular complexity index is 548. The normalized spacial score (nSPS) is 11.8. The van der Waals surface area contributed by atoms with Crippen LogP contribution in [0, 0.1) is 6.92 Å². The molecule has 3 nitrogen and oxygen atoms in total. The molecule has 0 aliphatic carbocycles. The third-order valence-electron chi connectivity index (χ3n) is 2.13. The smallest absolute Gasteiger partial charge is 0.220 e. The number of hydrogen-bond acceptors (Lipinski definition) is 2. The average molecular weight is 262 g/mol. The molecular weight excluding hydrogens is 255 g/mol. The van der Waals surface area contributed by atoms with E-state index in [2.05, 4.69) is 10.1 Å². The summed E-state index contributed by atoms with van der Waals surface area (Å²) < 4.78 is 39.4. The van der Waals surface area contributed by atoms with Gasteiger partial charge in [0.1, 0.15) is 12.2 Å². The van der Waals surface area contributed by atoms with Gasteiger partial charge in [0, 0.05) is 0 Å². The minimum Gasteiger partial charge on any atom is -0.220 e. The lowest BCUT2D eigenvalue weighted by Gasteiger charge is -2.13. The molecule has 0 atom stereocenters. The highest BCUT2D eigenvalue weighted by Crippen LogP contribution is 2.36. The van der Waals surface area contributed by atoms with Gasteiger partial charge in [0.15, 0.2) is 0 Å². The van der Waals surface area contributed by atoms with Crippen LogP contribution in [0.1, 0.15) is 11.4 Å². The van der Waals surface area contributed by atoms with Crippen molar-refractivity contribution in [3.05, 3.63) is 40.9 Å². The molecule has 90 valence electrons. The molecule has 0 saturated carbocycles. The van der Waals surface area contributed by atoms with E-state index in [1.807, 2.05) is 0 Å². The first kappa shape index (κ1) is 11.9. The zero-order valence-electron chi connectivity index (χ0n) is 8.66. The summed E-state index contributed by atoms with van der Waals surface area (Å²) in [5.41, 5.74) is -1.04. The van der Waals surface area contributed by atoms with Gasteiger partial charge in [-0.2, -0.15) is 18.3 Å². The third kappa shape index (κ3) is 2.26. The van der Waals surface area contributed by atoms with Gasteiger partial charge in [-0.05, 0) is 19.1 Å². The van der Waals surface area contributed by atoms with Crippen molar-refractivity contribution in [3.63, 3.8) is 0 Å². The number of nitrogens with zero attached hydrogens (tertiary/aromatic N) is 3. The van der Waals surface area contributed by atoms with E-state index in [-0.39, 0.29) is 10.7 Å². The van der Waals surface area contributed by atoms with Gasteiger partial charge in [-0.1, -0.05) is 17.7 Å². The fraction of sp³-hybridized carbons (Fsp3) is 0.200. The molecule has 2 rings (SSSR count). The van der Waals surface area contributed by atoms with Crippen LogP contribution in [0.25, 0.3) is 5.69 Å². The lowest BCUT2D eigenvalue weighted by Crippen LogP contribution is -2.11. The number of aromatic nitrogens is 3. The van der Waals surface area contributed by atoms with Gasteiger partial charge in [0.25, 0.3) is 0 Å². The molecule has 0 fully saturated rings. The van der Waals surface area contributed by atoms with E-state index in [9.17, 15) is 13.2 Å². The van der Waals surface area contributed by atoms with Crippen molar-refractivity contribution in [1.29, 1.82) is 0 Å². The Morgan fingerprint density at radius 3 is 2.53 bits per heavy atom. The van der Waals surface area contributed by atoms with Gasteiger partial charge in [0.05, 0.1) is 16.3 Å². The van der Waals surface area contributed by atoms with Crippen molar-refractivity contribution in [1.82, 2.24) is 14.8 Å². The second-order valence-corrected chi connectivity index (χ2v) is 3.78. The summed E-state index contributed by atoms with van der Waals surface area (Å²) in [6.45, 7) is 1.58. The van der Waals surface area contributed by atoms with Gasteiger partial charge in [-0.3, -0.25) is 0 Å². The molecule has 0 unspecified atom stereocenters. The third-order valence-corrected chi connectivity index (χ3v) is 2.43. The van der Waals surface area contributed by atoms with E-state index in [0.717, 1.165) is 10.7 Å². The highest BCUT2D eigenvalue weighted by molar-refractivity contribution is 6.32. The van der Waals surface area contributed by atoms with E-state index in [4.69, 9.17) is 11.6 Å². The van der Waals surface area contributed by atoms with Gasteiger partial charge in [-0.25, -0.2) is 9.67 Å². The maximum absolute atomic E-state index is 12.8. The van der Waals surface area contributed by atoms with E-state index in [1.165, 1.54) is 18.5 Å². The average Bonchev–Trinajstić information content (AvgIpc) is 2.63. The summed E-state index contributed by atoms with van der Waals surface area (Å²) in [4.78, 5) is 3.78. The van der Waals surface area contributed by atoms with Crippen molar-refractivity contribution in [2.24, 2.45) is 0 Å². The van der Waals surface area contributed by atoms with Crippen molar-refractivity contribution < 1.29 is 13.2 Å². The van der Waals surface area contributed by atoms with Crippen LogP contribution in [0.2, 0.25) is 5.02 Å². The van der Waals surface area contributed by atoms with Crippen LogP contribution in [0.5, 0.6) is 0 Å². The van der Waals surface area contributed by atoms with Crippen LogP contribution < -0.4 is 0 Å². The van der Waals surface area contributed by atoms with Crippen molar-refractivity contribution in [2.75, 3.05) is 0 Å². The molecule has 1 aromatic heterocycles. The van der Waals surface area contributed by atoms with E-state index >= 15 is 0 Å². The summed E-state index contributed by atoms with van der Waals surface area (Å²) in [6.07, 6.45) is -3.29. The molecule has 1 heterocycles. The predicted molar refractivity (Wildman–Crippen MR) is 56.1 cm³/mol. The summed E-state index contributed by atoms with van der Waals surface area (Å²) >= 11 is 5.79. The molecule has 17 heavy (non-hydrogen) atoms. The number of hydrogen-bond donors (Lipinski definition) is 0. The molecule has 0 aliphatic heterocycles. The Kier molecular flexibility index (Phi) is 2.82. The Hall–Kier alpha value is -1.56. The molecule has 7 heteroatoms. The maximum atomic E-state index is 12.8. The first-order valence-electron chi connectivity index (χ1n) is 4.64. The molecule has 0 saturated heterocycles. The fourth-order valence-electron chi connectivity index (χ4n) is 1.43. The predicted octanol–water partition coefficient (Wildman–Crippen LogP) is 3.25. The van der Waals surface area contributed by atoms with E-state index in [1.54, 1.807) is 6.92 Å². The first-order chi connectivity index (χ1) is 7.89. The van der Waals surface area contributed by atoms with Crippen LogP contribution >= 0.6 is 11.6 Å². The quantitative estimate of drug-likeness (QED) is 0.789. The topological polar surface area (TPSA) is 30.7 Å². The monoisotopic (exact) mass is 261 g/mol. The van der Waals surface area contributed by atoms with Crippen molar-refractivity contribution >= 4 is 11.6 Å². The minimum atomic E-state index is -4.49. The molecule has 0 N–H and O–H groups in total. The zero-order valence-corrected chi connectivity index (χ0v) is 9.42. The Morgan fingerprint density at radius 2 is 2.00 bits per heavy atom. The molecule has 0 amide bonds. The Labute approximate surface area is 99.8 Å². The molecule has 0 spiro atoms. The van der Waals surface area contributed by atoms with Crippen LogP contribution in [0.3, 0.4) is 0 Å². The Balaban J connectivity index is 2.67.